The quantitative estimate of drug-likeness (QED) is 0.366. The first kappa shape index (κ1) is 9.47. The van der Waals surface area contributed by atoms with Crippen LogP contribution in [0.15, 0.2) is 24.5 Å². The molecule has 5 nitrogen and oxygen atoms in total. The van der Waals surface area contributed by atoms with Crippen molar-refractivity contribution in [2.24, 2.45) is 0 Å². The molecule has 0 spiro atoms. The van der Waals surface area contributed by atoms with Crippen molar-refractivity contribution < 1.29 is 14.4 Å². The van der Waals surface area contributed by atoms with Crippen molar-refractivity contribution in [3.63, 3.8) is 0 Å². The lowest BCUT2D eigenvalue weighted by molar-refractivity contribution is -0.605. The van der Waals surface area contributed by atoms with E-state index in [2.05, 4.69) is 0 Å². The third-order valence-corrected chi connectivity index (χ3v) is 1.61. The van der Waals surface area contributed by atoms with Gasteiger partial charge in [-0.3, -0.25) is 9.63 Å². The second kappa shape index (κ2) is 3.86. The molecular formula is C8H10N2O3. The zero-order valence-electron chi connectivity index (χ0n) is 7.43. The molecule has 70 valence electrons. The van der Waals surface area contributed by atoms with Gasteiger partial charge in [-0.1, -0.05) is 0 Å². The number of nitrogens with zero attached hydrogens (tertiary/aromatic N) is 2. The number of hydrogen-bond acceptors (Lipinski definition) is 3. The van der Waals surface area contributed by atoms with E-state index in [0.29, 0.717) is 10.3 Å². The summed E-state index contributed by atoms with van der Waals surface area (Å²) in [7, 11) is 2.90. The Kier molecular flexibility index (Phi) is 2.81. The van der Waals surface area contributed by atoms with E-state index in [1.54, 1.807) is 0 Å². The van der Waals surface area contributed by atoms with Crippen molar-refractivity contribution >= 4 is 5.91 Å². The van der Waals surface area contributed by atoms with E-state index in [4.69, 9.17) is 4.84 Å². The van der Waals surface area contributed by atoms with Gasteiger partial charge >= 0.3 is 0 Å². The first-order valence-electron chi connectivity index (χ1n) is 3.66. The minimum absolute atomic E-state index is 0.289. The van der Waals surface area contributed by atoms with Gasteiger partial charge in [0, 0.05) is 19.2 Å². The molecule has 1 rings (SSSR count). The Morgan fingerprint density at radius 3 is 2.54 bits per heavy atom. The Labute approximate surface area is 75.7 Å². The number of rotatable bonds is 2. The average Bonchev–Trinajstić information content (AvgIpc) is 2.17. The van der Waals surface area contributed by atoms with Gasteiger partial charge in [0.1, 0.15) is 0 Å². The minimum Gasteiger partial charge on any atom is -0.619 e. The second-order valence-electron chi connectivity index (χ2n) is 2.43. The van der Waals surface area contributed by atoms with E-state index < -0.39 is 0 Å². The van der Waals surface area contributed by atoms with Crippen molar-refractivity contribution in [2.75, 3.05) is 14.2 Å². The zero-order valence-corrected chi connectivity index (χ0v) is 7.43. The summed E-state index contributed by atoms with van der Waals surface area (Å²) in [6.07, 6.45) is 2.52. The van der Waals surface area contributed by atoms with Crippen LogP contribution in [-0.2, 0) is 4.84 Å². The van der Waals surface area contributed by atoms with Gasteiger partial charge in [0.2, 0.25) is 0 Å². The van der Waals surface area contributed by atoms with Gasteiger partial charge < -0.3 is 5.21 Å². The molecule has 1 amide bonds. The monoisotopic (exact) mass is 182 g/mol. The third kappa shape index (κ3) is 2.16. The van der Waals surface area contributed by atoms with Gasteiger partial charge in [0.05, 0.1) is 12.7 Å². The number of aromatic nitrogens is 1. The Morgan fingerprint density at radius 2 is 2.08 bits per heavy atom. The highest BCUT2D eigenvalue weighted by Gasteiger charge is 2.11. The summed E-state index contributed by atoms with van der Waals surface area (Å²) in [5, 5.41) is 11.7. The Balaban J connectivity index is 2.83. The molecule has 0 saturated carbocycles. The van der Waals surface area contributed by atoms with E-state index in [1.165, 1.54) is 38.7 Å². The molecule has 1 heterocycles. The van der Waals surface area contributed by atoms with Crippen LogP contribution in [0.2, 0.25) is 0 Å². The second-order valence-corrected chi connectivity index (χ2v) is 2.43. The van der Waals surface area contributed by atoms with Gasteiger partial charge in [-0.05, 0) is 0 Å². The fraction of sp³-hybridized carbons (Fsp3) is 0.250. The molecule has 0 aliphatic rings. The number of hydrogen-bond donors (Lipinski definition) is 0. The van der Waals surface area contributed by atoms with Crippen LogP contribution >= 0.6 is 0 Å². The number of pyridine rings is 1. The lowest BCUT2D eigenvalue weighted by atomic mass is 10.2. The van der Waals surface area contributed by atoms with Crippen molar-refractivity contribution in [1.82, 2.24) is 5.06 Å². The van der Waals surface area contributed by atoms with E-state index in [9.17, 15) is 10.0 Å². The van der Waals surface area contributed by atoms with Crippen molar-refractivity contribution in [3.8, 4) is 0 Å². The van der Waals surface area contributed by atoms with Crippen molar-refractivity contribution in [3.05, 3.63) is 35.3 Å². The molecule has 0 radical (unpaired) electrons. The van der Waals surface area contributed by atoms with E-state index in [-0.39, 0.29) is 5.91 Å². The summed E-state index contributed by atoms with van der Waals surface area (Å²) in [6, 6.07) is 2.87. The summed E-state index contributed by atoms with van der Waals surface area (Å²) in [5.74, 6) is -0.289. The van der Waals surface area contributed by atoms with Crippen LogP contribution in [-0.4, -0.2) is 25.1 Å². The highest BCUT2D eigenvalue weighted by atomic mass is 16.7. The zero-order chi connectivity index (χ0) is 9.84. The molecule has 0 aromatic carbocycles. The van der Waals surface area contributed by atoms with Gasteiger partial charge in [-0.25, -0.2) is 5.06 Å². The first-order valence-corrected chi connectivity index (χ1v) is 3.66. The fourth-order valence-corrected chi connectivity index (χ4v) is 0.820. The Hall–Kier alpha value is -1.62. The minimum atomic E-state index is -0.289. The molecule has 0 saturated heterocycles. The van der Waals surface area contributed by atoms with E-state index in [1.807, 2.05) is 0 Å². The van der Waals surface area contributed by atoms with E-state index in [0.717, 1.165) is 5.06 Å². The number of carbonyl (C=O) groups is 1. The summed E-state index contributed by atoms with van der Waals surface area (Å²) < 4.78 is 0.615. The van der Waals surface area contributed by atoms with Crippen molar-refractivity contribution in [1.29, 1.82) is 0 Å². The van der Waals surface area contributed by atoms with Gasteiger partial charge in [0.15, 0.2) is 12.4 Å². The predicted molar refractivity (Wildman–Crippen MR) is 44.5 cm³/mol. The Morgan fingerprint density at radius 1 is 1.54 bits per heavy atom. The maximum Gasteiger partial charge on any atom is 0.277 e. The molecule has 0 atom stereocenters. The topological polar surface area (TPSA) is 56.5 Å². The molecule has 0 unspecified atom stereocenters. The molecular weight excluding hydrogens is 172 g/mol. The predicted octanol–water partition coefficient (Wildman–Crippen LogP) is -0.0466. The molecule has 0 aliphatic carbocycles. The Bertz CT molecular complexity index is 297. The highest BCUT2D eigenvalue weighted by Crippen LogP contribution is 2.00. The lowest BCUT2D eigenvalue weighted by Crippen LogP contribution is -2.28. The maximum absolute atomic E-state index is 11.4. The molecule has 1 aromatic heterocycles. The van der Waals surface area contributed by atoms with Crippen LogP contribution < -0.4 is 4.73 Å². The molecule has 5 heteroatoms. The largest absolute Gasteiger partial charge is 0.619 e. The fourth-order valence-electron chi connectivity index (χ4n) is 0.820. The third-order valence-electron chi connectivity index (χ3n) is 1.61. The number of carbonyl (C=O) groups excluding carboxylic acids is 1. The highest BCUT2D eigenvalue weighted by molar-refractivity contribution is 5.92. The average molecular weight is 182 g/mol. The standard InChI is InChI=1S/C8H10N2O3/c1-9(13-2)8(11)7-3-5-10(12)6-4-7/h3-6H,1-2H3. The summed E-state index contributed by atoms with van der Waals surface area (Å²) in [4.78, 5) is 16.1. The van der Waals surface area contributed by atoms with Crippen LogP contribution in [0, 0.1) is 5.21 Å². The van der Waals surface area contributed by atoms with Gasteiger partial charge in [0.25, 0.3) is 5.91 Å². The number of amides is 1. The maximum atomic E-state index is 11.4. The van der Waals surface area contributed by atoms with Gasteiger partial charge in [-0.2, -0.15) is 4.73 Å². The van der Waals surface area contributed by atoms with Crippen molar-refractivity contribution in [2.45, 2.75) is 0 Å². The normalized spacial score (nSPS) is 9.69. The molecule has 13 heavy (non-hydrogen) atoms. The lowest BCUT2D eigenvalue weighted by Gasteiger charge is -2.12. The smallest absolute Gasteiger partial charge is 0.277 e. The van der Waals surface area contributed by atoms with Crippen LogP contribution in [0.25, 0.3) is 0 Å². The van der Waals surface area contributed by atoms with Gasteiger partial charge in [-0.15, -0.1) is 0 Å². The van der Waals surface area contributed by atoms with E-state index >= 15 is 0 Å². The summed E-state index contributed by atoms with van der Waals surface area (Å²) in [5.41, 5.74) is 0.413. The van der Waals surface area contributed by atoms with Crippen LogP contribution in [0.4, 0.5) is 0 Å². The van der Waals surface area contributed by atoms with Crippen LogP contribution in [0.5, 0.6) is 0 Å². The van der Waals surface area contributed by atoms with Crippen LogP contribution in [0.1, 0.15) is 10.4 Å². The molecule has 0 fully saturated rings. The SMILES string of the molecule is CON(C)C(=O)c1cc[n+]([O-])cc1. The molecule has 0 N–H and O–H groups in total. The summed E-state index contributed by atoms with van der Waals surface area (Å²) >= 11 is 0. The van der Waals surface area contributed by atoms with Crippen LogP contribution in [0.3, 0.4) is 0 Å². The molecule has 0 aliphatic heterocycles. The summed E-state index contributed by atoms with van der Waals surface area (Å²) in [6.45, 7) is 0. The molecule has 1 aromatic rings. The first-order chi connectivity index (χ1) is 6.15. The molecule has 0 bridgehead atoms. The number of hydroxylamine groups is 2.